The molecule has 0 bridgehead atoms. The van der Waals surface area contributed by atoms with Gasteiger partial charge in [0, 0.05) is 48.6 Å². The molecule has 2 aromatic rings. The molecule has 1 unspecified atom stereocenters. The van der Waals surface area contributed by atoms with Crippen molar-refractivity contribution in [1.82, 2.24) is 20.1 Å². The molecule has 2 saturated heterocycles. The van der Waals surface area contributed by atoms with E-state index in [4.69, 9.17) is 11.6 Å². The zero-order chi connectivity index (χ0) is 20.0. The fourth-order valence-electron chi connectivity index (χ4n) is 4.37. The minimum Gasteiger partial charge on any atom is -0.342 e. The van der Waals surface area contributed by atoms with Gasteiger partial charge in [-0.3, -0.25) is 14.7 Å². The van der Waals surface area contributed by atoms with E-state index in [-0.39, 0.29) is 24.2 Å². The van der Waals surface area contributed by atoms with Crippen molar-refractivity contribution in [2.24, 2.45) is 5.92 Å². The first-order chi connectivity index (χ1) is 14.1. The predicted octanol–water partition coefficient (Wildman–Crippen LogP) is 3.09. The molecule has 3 aliphatic rings. The minimum atomic E-state index is -0.276. The highest BCUT2D eigenvalue weighted by molar-refractivity contribution is 6.30. The molecule has 2 aliphatic heterocycles. The second-order valence-corrected chi connectivity index (χ2v) is 8.77. The van der Waals surface area contributed by atoms with Crippen LogP contribution < -0.4 is 4.90 Å². The highest BCUT2D eigenvalue weighted by Crippen LogP contribution is 2.38. The Labute approximate surface area is 174 Å². The lowest BCUT2D eigenvalue weighted by Crippen LogP contribution is -2.42. The lowest BCUT2D eigenvalue weighted by molar-refractivity contribution is -0.136. The number of piperidine rings is 1. The monoisotopic (exact) mass is 413 g/mol. The number of aromatic amines is 1. The van der Waals surface area contributed by atoms with Crippen LogP contribution in [0.25, 0.3) is 0 Å². The summed E-state index contributed by atoms with van der Waals surface area (Å²) in [6, 6.07) is 7.18. The molecule has 8 heteroatoms. The maximum Gasteiger partial charge on any atom is 0.228 e. The van der Waals surface area contributed by atoms with Crippen LogP contribution in [-0.4, -0.2) is 51.5 Å². The van der Waals surface area contributed by atoms with Gasteiger partial charge >= 0.3 is 0 Å². The third kappa shape index (κ3) is 3.75. The lowest BCUT2D eigenvalue weighted by atomic mass is 9.95. The predicted molar refractivity (Wildman–Crippen MR) is 109 cm³/mol. The quantitative estimate of drug-likeness (QED) is 0.834. The molecule has 0 spiro atoms. The summed E-state index contributed by atoms with van der Waals surface area (Å²) in [5.41, 5.74) is 0.796. The zero-order valence-electron chi connectivity index (χ0n) is 16.2. The van der Waals surface area contributed by atoms with Crippen LogP contribution >= 0.6 is 11.6 Å². The van der Waals surface area contributed by atoms with Crippen molar-refractivity contribution in [2.75, 3.05) is 24.5 Å². The molecule has 0 radical (unpaired) electrons. The fraction of sp³-hybridized carbons (Fsp3) is 0.524. The molecule has 1 aromatic heterocycles. The number of carbonyl (C=O) groups is 2. The van der Waals surface area contributed by atoms with Crippen LogP contribution in [0.1, 0.15) is 55.6 Å². The Morgan fingerprint density at radius 1 is 1.07 bits per heavy atom. The van der Waals surface area contributed by atoms with Gasteiger partial charge in [-0.15, -0.1) is 0 Å². The smallest absolute Gasteiger partial charge is 0.228 e. The number of hydrogen-bond acceptors (Lipinski definition) is 4. The van der Waals surface area contributed by atoms with Crippen molar-refractivity contribution in [1.29, 1.82) is 0 Å². The topological polar surface area (TPSA) is 82.2 Å². The molecule has 1 atom stereocenters. The standard InChI is InChI=1S/C21H24ClN5O2/c22-16-3-5-17(6-4-16)27-12-15(11-18(27)28)21(29)26-9-7-14(8-10-26)20-23-19(24-25-20)13-1-2-13/h3-6,13-15H,1-2,7-12H2,(H,23,24,25). The van der Waals surface area contributed by atoms with E-state index in [1.807, 2.05) is 17.0 Å². The van der Waals surface area contributed by atoms with Crippen LogP contribution in [0.5, 0.6) is 0 Å². The minimum absolute atomic E-state index is 0.00479. The second-order valence-electron chi connectivity index (χ2n) is 8.33. The Kier molecular flexibility index (Phi) is 4.78. The summed E-state index contributed by atoms with van der Waals surface area (Å²) < 4.78 is 0. The molecule has 5 rings (SSSR count). The Bertz CT molecular complexity index is 915. The van der Waals surface area contributed by atoms with E-state index >= 15 is 0 Å². The van der Waals surface area contributed by atoms with E-state index in [1.54, 1.807) is 17.0 Å². The van der Waals surface area contributed by atoms with Gasteiger partial charge < -0.3 is 9.80 Å². The number of likely N-dealkylation sites (tertiary alicyclic amines) is 1. The molecule has 7 nitrogen and oxygen atoms in total. The third-order valence-electron chi connectivity index (χ3n) is 6.27. The number of halogens is 1. The fourth-order valence-corrected chi connectivity index (χ4v) is 4.50. The first kappa shape index (κ1) is 18.6. The molecule has 2 amide bonds. The number of H-pyrrole nitrogens is 1. The third-order valence-corrected chi connectivity index (χ3v) is 6.52. The molecule has 1 aromatic carbocycles. The van der Waals surface area contributed by atoms with E-state index in [0.29, 0.717) is 36.5 Å². The largest absolute Gasteiger partial charge is 0.342 e. The summed E-state index contributed by atoms with van der Waals surface area (Å²) in [4.78, 5) is 33.8. The Hall–Kier alpha value is -2.41. The molecule has 1 N–H and O–H groups in total. The van der Waals surface area contributed by atoms with Crippen LogP contribution in [0.3, 0.4) is 0 Å². The van der Waals surface area contributed by atoms with E-state index in [9.17, 15) is 9.59 Å². The summed E-state index contributed by atoms with van der Waals surface area (Å²) in [5, 5.41) is 8.09. The number of benzene rings is 1. The van der Waals surface area contributed by atoms with Crippen LogP contribution in [0.4, 0.5) is 5.69 Å². The average Bonchev–Trinajstić information content (AvgIpc) is 3.34. The molecule has 3 heterocycles. The van der Waals surface area contributed by atoms with E-state index in [1.165, 1.54) is 12.8 Å². The van der Waals surface area contributed by atoms with Gasteiger partial charge in [0.25, 0.3) is 0 Å². The summed E-state index contributed by atoms with van der Waals surface area (Å²) in [6.07, 6.45) is 4.42. The van der Waals surface area contributed by atoms with E-state index in [0.717, 1.165) is 30.2 Å². The van der Waals surface area contributed by atoms with Crippen molar-refractivity contribution in [3.05, 3.63) is 40.9 Å². The van der Waals surface area contributed by atoms with E-state index < -0.39 is 0 Å². The van der Waals surface area contributed by atoms with Crippen LogP contribution in [0, 0.1) is 5.92 Å². The molecule has 1 aliphatic carbocycles. The van der Waals surface area contributed by atoms with Gasteiger partial charge in [0.05, 0.1) is 5.92 Å². The van der Waals surface area contributed by atoms with Crippen molar-refractivity contribution < 1.29 is 9.59 Å². The highest BCUT2D eigenvalue weighted by Gasteiger charge is 2.38. The van der Waals surface area contributed by atoms with Crippen molar-refractivity contribution in [3.8, 4) is 0 Å². The Balaban J connectivity index is 1.18. The normalized spacial score (nSPS) is 23.1. The average molecular weight is 414 g/mol. The van der Waals surface area contributed by atoms with Crippen molar-refractivity contribution in [3.63, 3.8) is 0 Å². The number of amides is 2. The maximum atomic E-state index is 13.0. The summed E-state index contributed by atoms with van der Waals surface area (Å²) >= 11 is 5.94. The SMILES string of the molecule is O=C(C1CC(=O)N(c2ccc(Cl)cc2)C1)N1CCC(c2nc(C3CC3)n[nH]2)CC1. The molecule has 29 heavy (non-hydrogen) atoms. The lowest BCUT2D eigenvalue weighted by Gasteiger charge is -2.32. The Morgan fingerprint density at radius 3 is 2.48 bits per heavy atom. The number of hydrogen-bond donors (Lipinski definition) is 1. The number of nitrogens with zero attached hydrogens (tertiary/aromatic N) is 4. The van der Waals surface area contributed by atoms with Gasteiger partial charge in [0.1, 0.15) is 5.82 Å². The van der Waals surface area contributed by atoms with Crippen molar-refractivity contribution in [2.45, 2.75) is 43.9 Å². The van der Waals surface area contributed by atoms with Gasteiger partial charge in [-0.2, -0.15) is 5.10 Å². The number of nitrogens with one attached hydrogen (secondary N) is 1. The molecular weight excluding hydrogens is 390 g/mol. The number of rotatable bonds is 4. The van der Waals surface area contributed by atoms with Gasteiger partial charge in [-0.1, -0.05) is 11.6 Å². The highest BCUT2D eigenvalue weighted by atomic mass is 35.5. The molecular formula is C21H24ClN5O2. The Morgan fingerprint density at radius 2 is 1.79 bits per heavy atom. The van der Waals surface area contributed by atoms with Crippen LogP contribution in [0.15, 0.2) is 24.3 Å². The number of anilines is 1. The van der Waals surface area contributed by atoms with Crippen LogP contribution in [-0.2, 0) is 9.59 Å². The molecule has 152 valence electrons. The second kappa shape index (κ2) is 7.44. The van der Waals surface area contributed by atoms with Crippen molar-refractivity contribution >= 4 is 29.1 Å². The summed E-state index contributed by atoms with van der Waals surface area (Å²) in [7, 11) is 0. The maximum absolute atomic E-state index is 13.0. The van der Waals surface area contributed by atoms with Gasteiger partial charge in [0.15, 0.2) is 5.82 Å². The first-order valence-electron chi connectivity index (χ1n) is 10.4. The molecule has 1 saturated carbocycles. The van der Waals surface area contributed by atoms with E-state index in [2.05, 4.69) is 15.2 Å². The number of carbonyl (C=O) groups excluding carboxylic acids is 2. The van der Waals surface area contributed by atoms with Gasteiger partial charge in [0.2, 0.25) is 11.8 Å². The van der Waals surface area contributed by atoms with Crippen LogP contribution in [0.2, 0.25) is 5.02 Å². The summed E-state index contributed by atoms with van der Waals surface area (Å²) in [6.45, 7) is 1.84. The molecule has 3 fully saturated rings. The zero-order valence-corrected chi connectivity index (χ0v) is 16.9. The van der Waals surface area contributed by atoms with Gasteiger partial charge in [-0.05, 0) is 49.9 Å². The number of aromatic nitrogens is 3. The summed E-state index contributed by atoms with van der Waals surface area (Å²) in [5.74, 6) is 2.59. The first-order valence-corrected chi connectivity index (χ1v) is 10.7. The van der Waals surface area contributed by atoms with Gasteiger partial charge in [-0.25, -0.2) is 4.98 Å².